The smallest absolute Gasteiger partial charge is 0.229 e. The van der Waals surface area contributed by atoms with E-state index in [1.165, 1.54) is 18.5 Å². The number of rotatable bonds is 2. The summed E-state index contributed by atoms with van der Waals surface area (Å²) in [5.74, 6) is 0.538. The summed E-state index contributed by atoms with van der Waals surface area (Å²) in [6.07, 6.45) is 1.48. The number of nitrogens with zero attached hydrogens (tertiary/aromatic N) is 4. The summed E-state index contributed by atoms with van der Waals surface area (Å²) in [5, 5.41) is 0.685. The lowest BCUT2D eigenvalue weighted by Gasteiger charge is -2.42. The number of morpholine rings is 1. The van der Waals surface area contributed by atoms with E-state index in [4.69, 9.17) is 4.74 Å². The summed E-state index contributed by atoms with van der Waals surface area (Å²) in [6, 6.07) is 4.48. The van der Waals surface area contributed by atoms with E-state index >= 15 is 0 Å². The molecule has 7 heteroatoms. The number of fused-ring (bicyclic) bond motifs is 1. The normalized spacial score (nSPS) is 19.0. The van der Waals surface area contributed by atoms with Crippen LogP contribution in [0.1, 0.15) is 0 Å². The van der Waals surface area contributed by atoms with Gasteiger partial charge in [-0.2, -0.15) is 0 Å². The van der Waals surface area contributed by atoms with Crippen molar-refractivity contribution in [1.82, 2.24) is 14.9 Å². The summed E-state index contributed by atoms with van der Waals surface area (Å²) in [5.41, 5.74) is 0.708. The van der Waals surface area contributed by atoms with Crippen LogP contribution in [0.5, 0.6) is 0 Å². The molecule has 0 radical (unpaired) electrons. The van der Waals surface area contributed by atoms with Gasteiger partial charge in [-0.25, -0.2) is 14.4 Å². The number of anilines is 1. The van der Waals surface area contributed by atoms with Gasteiger partial charge in [0.05, 0.1) is 24.6 Å². The number of aromatic nitrogens is 2. The topological polar surface area (TPSA) is 58.6 Å². The maximum atomic E-state index is 13.5. The zero-order valence-electron chi connectivity index (χ0n) is 12.6. The number of halogens is 1. The van der Waals surface area contributed by atoms with Gasteiger partial charge in [-0.05, 0) is 18.2 Å². The highest BCUT2D eigenvalue weighted by atomic mass is 19.1. The minimum Gasteiger partial charge on any atom is -0.378 e. The van der Waals surface area contributed by atoms with Gasteiger partial charge >= 0.3 is 0 Å². The lowest BCUT2D eigenvalue weighted by atomic mass is 9.97. The summed E-state index contributed by atoms with van der Waals surface area (Å²) in [7, 11) is 0. The highest BCUT2D eigenvalue weighted by molar-refractivity contribution is 5.91. The third-order valence-corrected chi connectivity index (χ3v) is 4.43. The standard InChI is InChI=1S/C16H17FN4O2/c17-12-1-2-14-13(7-12)15(19-10-18-14)21-8-11(9-21)16(22)20-3-5-23-6-4-20/h1-2,7,10-11H,3-6,8-9H2. The molecule has 0 N–H and O–H groups in total. The number of benzene rings is 1. The SMILES string of the molecule is O=C(C1CN(c2ncnc3ccc(F)cc23)C1)N1CCOCC1. The van der Waals surface area contributed by atoms with Gasteiger partial charge in [0.1, 0.15) is 18.0 Å². The minimum atomic E-state index is -0.310. The van der Waals surface area contributed by atoms with Crippen LogP contribution in [0.15, 0.2) is 24.5 Å². The zero-order valence-corrected chi connectivity index (χ0v) is 12.6. The lowest BCUT2D eigenvalue weighted by Crippen LogP contribution is -2.56. The van der Waals surface area contributed by atoms with Gasteiger partial charge in [-0.1, -0.05) is 0 Å². The van der Waals surface area contributed by atoms with Gasteiger partial charge in [0.2, 0.25) is 5.91 Å². The molecule has 2 aromatic rings. The zero-order chi connectivity index (χ0) is 15.8. The molecule has 0 saturated carbocycles. The third-order valence-electron chi connectivity index (χ3n) is 4.43. The Balaban J connectivity index is 1.49. The Hall–Kier alpha value is -2.28. The molecule has 6 nitrogen and oxygen atoms in total. The minimum absolute atomic E-state index is 0.0216. The molecule has 4 rings (SSSR count). The van der Waals surface area contributed by atoms with Gasteiger partial charge in [0.15, 0.2) is 0 Å². The van der Waals surface area contributed by atoms with E-state index in [9.17, 15) is 9.18 Å². The van der Waals surface area contributed by atoms with E-state index in [0.29, 0.717) is 56.1 Å². The van der Waals surface area contributed by atoms with Crippen molar-refractivity contribution in [3.63, 3.8) is 0 Å². The first-order valence-corrected chi connectivity index (χ1v) is 7.74. The van der Waals surface area contributed by atoms with Crippen molar-refractivity contribution in [2.45, 2.75) is 0 Å². The first kappa shape index (κ1) is 14.3. The highest BCUT2D eigenvalue weighted by Crippen LogP contribution is 2.30. The molecule has 2 aliphatic rings. The Labute approximate surface area is 132 Å². The van der Waals surface area contributed by atoms with Gasteiger partial charge in [-0.15, -0.1) is 0 Å². The summed E-state index contributed by atoms with van der Waals surface area (Å²) in [4.78, 5) is 24.7. The molecule has 2 aliphatic heterocycles. The van der Waals surface area contributed by atoms with E-state index in [0.717, 1.165) is 0 Å². The molecule has 2 fully saturated rings. The van der Waals surface area contributed by atoms with Crippen LogP contribution in [0.2, 0.25) is 0 Å². The van der Waals surface area contributed by atoms with Gasteiger partial charge < -0.3 is 14.5 Å². The van der Waals surface area contributed by atoms with Crippen LogP contribution in [0.25, 0.3) is 10.9 Å². The number of carbonyl (C=O) groups excluding carboxylic acids is 1. The third kappa shape index (κ3) is 2.61. The Kier molecular flexibility index (Phi) is 3.57. The fourth-order valence-electron chi connectivity index (χ4n) is 3.12. The van der Waals surface area contributed by atoms with Crippen molar-refractivity contribution in [1.29, 1.82) is 0 Å². The maximum absolute atomic E-state index is 13.5. The molecule has 3 heterocycles. The number of ether oxygens (including phenoxy) is 1. The van der Waals surface area contributed by atoms with Crippen molar-refractivity contribution < 1.29 is 13.9 Å². The second-order valence-electron chi connectivity index (χ2n) is 5.90. The molecular formula is C16H17FN4O2. The number of hydrogen-bond donors (Lipinski definition) is 0. The molecule has 0 bridgehead atoms. The Morgan fingerprint density at radius 3 is 2.78 bits per heavy atom. The molecule has 1 aromatic heterocycles. The molecule has 0 unspecified atom stereocenters. The molecular weight excluding hydrogens is 299 g/mol. The van der Waals surface area contributed by atoms with Crippen LogP contribution in [0.3, 0.4) is 0 Å². The molecule has 1 aromatic carbocycles. The maximum Gasteiger partial charge on any atom is 0.229 e. The van der Waals surface area contributed by atoms with Crippen molar-refractivity contribution in [3.8, 4) is 0 Å². The first-order chi connectivity index (χ1) is 11.2. The quantitative estimate of drug-likeness (QED) is 0.829. The summed E-state index contributed by atoms with van der Waals surface area (Å²) in [6.45, 7) is 3.77. The number of hydrogen-bond acceptors (Lipinski definition) is 5. The summed E-state index contributed by atoms with van der Waals surface area (Å²) >= 11 is 0. The summed E-state index contributed by atoms with van der Waals surface area (Å²) < 4.78 is 18.8. The van der Waals surface area contributed by atoms with Crippen LogP contribution in [-0.2, 0) is 9.53 Å². The average Bonchev–Trinajstić information content (AvgIpc) is 2.54. The fraction of sp³-hybridized carbons (Fsp3) is 0.438. The predicted molar refractivity (Wildman–Crippen MR) is 82.6 cm³/mol. The number of amides is 1. The second kappa shape index (κ2) is 5.73. The van der Waals surface area contributed by atoms with Crippen LogP contribution < -0.4 is 4.90 Å². The molecule has 1 amide bonds. The first-order valence-electron chi connectivity index (χ1n) is 7.74. The Morgan fingerprint density at radius 2 is 2.00 bits per heavy atom. The Bertz CT molecular complexity index is 742. The Morgan fingerprint density at radius 1 is 1.22 bits per heavy atom. The van der Waals surface area contributed by atoms with Crippen LogP contribution >= 0.6 is 0 Å². The molecule has 0 spiro atoms. The van der Waals surface area contributed by atoms with Crippen molar-refractivity contribution in [2.24, 2.45) is 5.92 Å². The molecule has 120 valence electrons. The van der Waals surface area contributed by atoms with E-state index in [-0.39, 0.29) is 17.6 Å². The van der Waals surface area contributed by atoms with Crippen molar-refractivity contribution in [2.75, 3.05) is 44.3 Å². The van der Waals surface area contributed by atoms with E-state index in [2.05, 4.69) is 9.97 Å². The molecule has 23 heavy (non-hydrogen) atoms. The van der Waals surface area contributed by atoms with Gasteiger partial charge in [0.25, 0.3) is 0 Å². The number of carbonyl (C=O) groups is 1. The van der Waals surface area contributed by atoms with E-state index < -0.39 is 0 Å². The molecule has 2 saturated heterocycles. The van der Waals surface area contributed by atoms with Crippen LogP contribution in [0.4, 0.5) is 10.2 Å². The van der Waals surface area contributed by atoms with E-state index in [1.807, 2.05) is 9.80 Å². The predicted octanol–water partition coefficient (Wildman–Crippen LogP) is 1.06. The monoisotopic (exact) mass is 316 g/mol. The largest absolute Gasteiger partial charge is 0.378 e. The van der Waals surface area contributed by atoms with Crippen molar-refractivity contribution >= 4 is 22.6 Å². The van der Waals surface area contributed by atoms with E-state index in [1.54, 1.807) is 6.07 Å². The van der Waals surface area contributed by atoms with Crippen LogP contribution in [0, 0.1) is 11.7 Å². The van der Waals surface area contributed by atoms with Gasteiger partial charge in [-0.3, -0.25) is 4.79 Å². The average molecular weight is 316 g/mol. The second-order valence-corrected chi connectivity index (χ2v) is 5.90. The van der Waals surface area contributed by atoms with Crippen LogP contribution in [-0.4, -0.2) is 60.2 Å². The fourth-order valence-corrected chi connectivity index (χ4v) is 3.12. The highest BCUT2D eigenvalue weighted by Gasteiger charge is 2.37. The molecule has 0 atom stereocenters. The van der Waals surface area contributed by atoms with Crippen molar-refractivity contribution in [3.05, 3.63) is 30.3 Å². The molecule has 0 aliphatic carbocycles. The lowest BCUT2D eigenvalue weighted by molar-refractivity contribution is -0.140. The van der Waals surface area contributed by atoms with Gasteiger partial charge in [0, 0.05) is 31.6 Å².